The smallest absolute Gasteiger partial charge is 0.319 e. The summed E-state index contributed by atoms with van der Waals surface area (Å²) < 4.78 is 44.5. The van der Waals surface area contributed by atoms with E-state index in [9.17, 15) is 17.6 Å². The summed E-state index contributed by atoms with van der Waals surface area (Å²) in [6, 6.07) is 11.5. The quantitative estimate of drug-likeness (QED) is 0.408. The highest BCUT2D eigenvalue weighted by molar-refractivity contribution is 7.90. The first-order chi connectivity index (χ1) is 17.2. The number of carbonyl (C=O) groups excluding carboxylic acids is 1. The number of hydrogen-bond donors (Lipinski definition) is 3. The molecule has 0 aliphatic carbocycles. The molecule has 1 saturated heterocycles. The molecule has 0 saturated carbocycles. The number of amides is 2. The maximum absolute atomic E-state index is 14.2. The summed E-state index contributed by atoms with van der Waals surface area (Å²) in [6.45, 7) is 2.06. The number of sulfone groups is 1. The van der Waals surface area contributed by atoms with E-state index in [4.69, 9.17) is 9.84 Å². The van der Waals surface area contributed by atoms with E-state index < -0.39 is 21.7 Å². The first kappa shape index (κ1) is 25.5. The predicted octanol–water partition coefficient (Wildman–Crippen LogP) is 2.30. The van der Waals surface area contributed by atoms with Crippen LogP contribution in [0.3, 0.4) is 0 Å². The molecule has 0 radical (unpaired) electrons. The van der Waals surface area contributed by atoms with E-state index in [1.807, 2.05) is 4.90 Å². The third-order valence-corrected chi connectivity index (χ3v) is 6.62. The van der Waals surface area contributed by atoms with Gasteiger partial charge in [-0.25, -0.2) is 27.6 Å². The summed E-state index contributed by atoms with van der Waals surface area (Å²) in [6.07, 6.45) is 1.07. The van der Waals surface area contributed by atoms with E-state index in [-0.39, 0.29) is 29.3 Å². The second kappa shape index (κ2) is 11.0. The van der Waals surface area contributed by atoms with Crippen LogP contribution in [0.1, 0.15) is 0 Å². The topological polar surface area (TPSA) is 134 Å². The maximum Gasteiger partial charge on any atom is 0.319 e. The van der Waals surface area contributed by atoms with Crippen molar-refractivity contribution in [2.24, 2.45) is 0 Å². The van der Waals surface area contributed by atoms with Crippen molar-refractivity contribution in [1.82, 2.24) is 15.3 Å². The molecule has 1 fully saturated rings. The first-order valence-corrected chi connectivity index (χ1v) is 13.1. The van der Waals surface area contributed by atoms with Crippen LogP contribution in [-0.2, 0) is 14.6 Å². The Labute approximate surface area is 208 Å². The minimum absolute atomic E-state index is 0.0325. The molecule has 2 amide bonds. The Bertz CT molecular complexity index is 1350. The molecule has 10 nitrogen and oxygen atoms in total. The van der Waals surface area contributed by atoms with Crippen molar-refractivity contribution in [2.75, 3.05) is 55.9 Å². The van der Waals surface area contributed by atoms with Gasteiger partial charge in [-0.3, -0.25) is 0 Å². The van der Waals surface area contributed by atoms with Gasteiger partial charge in [0.25, 0.3) is 0 Å². The molecule has 1 aliphatic heterocycles. The number of ether oxygens (including phenoxy) is 1. The summed E-state index contributed by atoms with van der Waals surface area (Å²) in [5.74, 6) is -0.208. The number of halogens is 1. The molecule has 1 aliphatic rings. The highest BCUT2D eigenvalue weighted by Gasteiger charge is 2.21. The zero-order valence-electron chi connectivity index (χ0n) is 19.6. The number of nitrogens with one attached hydrogen (secondary N) is 2. The zero-order chi connectivity index (χ0) is 25.7. The highest BCUT2D eigenvalue weighted by Crippen LogP contribution is 2.32. The first-order valence-electron chi connectivity index (χ1n) is 11.2. The van der Waals surface area contributed by atoms with E-state index in [0.717, 1.165) is 18.4 Å². The van der Waals surface area contributed by atoms with E-state index >= 15 is 0 Å². The summed E-state index contributed by atoms with van der Waals surface area (Å²) in [5.41, 5.74) is 2.14. The van der Waals surface area contributed by atoms with Gasteiger partial charge in [0.15, 0.2) is 9.84 Å². The Morgan fingerprint density at radius 2 is 1.78 bits per heavy atom. The normalized spacial score (nSPS) is 13.9. The second-order valence-electron chi connectivity index (χ2n) is 8.13. The Morgan fingerprint density at radius 1 is 1.08 bits per heavy atom. The van der Waals surface area contributed by atoms with Crippen molar-refractivity contribution < 1.29 is 27.4 Å². The summed E-state index contributed by atoms with van der Waals surface area (Å²) >= 11 is 0. The van der Waals surface area contributed by atoms with Crippen LogP contribution in [-0.4, -0.2) is 75.2 Å². The average molecular weight is 516 g/mol. The van der Waals surface area contributed by atoms with Crippen molar-refractivity contribution >= 4 is 27.5 Å². The van der Waals surface area contributed by atoms with Crippen LogP contribution < -0.4 is 15.5 Å². The molecule has 0 spiro atoms. The van der Waals surface area contributed by atoms with Crippen LogP contribution in [0.15, 0.2) is 53.4 Å². The van der Waals surface area contributed by atoms with Gasteiger partial charge in [0.05, 0.1) is 36.1 Å². The number of aliphatic hydroxyl groups excluding tert-OH is 1. The van der Waals surface area contributed by atoms with Gasteiger partial charge >= 0.3 is 6.03 Å². The van der Waals surface area contributed by atoms with Crippen molar-refractivity contribution in [2.45, 2.75) is 4.90 Å². The third-order valence-electron chi connectivity index (χ3n) is 5.46. The fourth-order valence-electron chi connectivity index (χ4n) is 3.72. The molecule has 1 aromatic heterocycles. The molecule has 2 aromatic carbocycles. The lowest BCUT2D eigenvalue weighted by molar-refractivity contribution is 0.122. The van der Waals surface area contributed by atoms with Crippen LogP contribution in [0.5, 0.6) is 0 Å². The van der Waals surface area contributed by atoms with Crippen LogP contribution in [0.2, 0.25) is 0 Å². The minimum Gasteiger partial charge on any atom is -0.395 e. The number of morpholine rings is 1. The number of hydrogen-bond acceptors (Lipinski definition) is 8. The lowest BCUT2D eigenvalue weighted by Crippen LogP contribution is -2.37. The molecule has 36 heavy (non-hydrogen) atoms. The van der Waals surface area contributed by atoms with Gasteiger partial charge in [0.2, 0.25) is 5.95 Å². The minimum atomic E-state index is -3.66. The summed E-state index contributed by atoms with van der Waals surface area (Å²) in [4.78, 5) is 23.0. The standard InChI is InChI=1S/C24H26FN5O5S/c1-36(33,34)22-7-4-17(25)14-19(22)21-15-20(28-23(29-21)30-9-12-35-13-10-30)16-2-5-18(6-3-16)27-24(32)26-8-11-31/h2-7,14-15,31H,8-13H2,1H3,(H2,26,27,32). The van der Waals surface area contributed by atoms with Gasteiger partial charge < -0.3 is 25.4 Å². The Balaban J connectivity index is 1.76. The SMILES string of the molecule is CS(=O)(=O)c1ccc(F)cc1-c1cc(-c2ccc(NC(=O)NCCO)cc2)nc(N2CCOCC2)n1. The Morgan fingerprint density at radius 3 is 2.44 bits per heavy atom. The second-order valence-corrected chi connectivity index (χ2v) is 10.1. The molecule has 2 heterocycles. The summed E-state index contributed by atoms with van der Waals surface area (Å²) in [7, 11) is -3.66. The van der Waals surface area contributed by atoms with Crippen molar-refractivity contribution in [3.05, 3.63) is 54.3 Å². The van der Waals surface area contributed by atoms with E-state index in [2.05, 4.69) is 20.6 Å². The number of carbonyl (C=O) groups is 1. The molecule has 4 rings (SSSR count). The average Bonchev–Trinajstić information content (AvgIpc) is 2.87. The molecule has 12 heteroatoms. The van der Waals surface area contributed by atoms with Gasteiger partial charge in [-0.1, -0.05) is 12.1 Å². The number of benzene rings is 2. The number of nitrogens with zero attached hydrogens (tertiary/aromatic N) is 3. The monoisotopic (exact) mass is 515 g/mol. The van der Waals surface area contributed by atoms with Gasteiger partial charge in [0.1, 0.15) is 5.82 Å². The number of urea groups is 1. The number of anilines is 2. The van der Waals surface area contributed by atoms with Gasteiger partial charge in [0, 0.05) is 42.7 Å². The summed E-state index contributed by atoms with van der Waals surface area (Å²) in [5, 5.41) is 14.0. The van der Waals surface area contributed by atoms with Crippen molar-refractivity contribution in [1.29, 1.82) is 0 Å². The van der Waals surface area contributed by atoms with Gasteiger partial charge in [-0.05, 0) is 36.4 Å². The lowest BCUT2D eigenvalue weighted by Gasteiger charge is -2.27. The highest BCUT2D eigenvalue weighted by atomic mass is 32.2. The number of aromatic nitrogens is 2. The molecule has 190 valence electrons. The van der Waals surface area contributed by atoms with Gasteiger partial charge in [-0.15, -0.1) is 0 Å². The maximum atomic E-state index is 14.2. The fourth-order valence-corrected chi connectivity index (χ4v) is 4.60. The molecule has 3 aromatic rings. The van der Waals surface area contributed by atoms with Crippen LogP contribution in [0.25, 0.3) is 22.5 Å². The fraction of sp³-hybridized carbons (Fsp3) is 0.292. The van der Waals surface area contributed by atoms with Gasteiger partial charge in [-0.2, -0.15) is 0 Å². The number of aliphatic hydroxyl groups is 1. The third kappa shape index (κ3) is 6.14. The van der Waals surface area contributed by atoms with Crippen LogP contribution in [0, 0.1) is 5.82 Å². The largest absolute Gasteiger partial charge is 0.395 e. The van der Waals surface area contributed by atoms with Crippen molar-refractivity contribution in [3.8, 4) is 22.5 Å². The van der Waals surface area contributed by atoms with E-state index in [0.29, 0.717) is 49.2 Å². The molecule has 0 atom stereocenters. The zero-order valence-corrected chi connectivity index (χ0v) is 20.4. The Hall–Kier alpha value is -3.61. The Kier molecular flexibility index (Phi) is 7.77. The molecular weight excluding hydrogens is 489 g/mol. The lowest BCUT2D eigenvalue weighted by atomic mass is 10.1. The molecule has 3 N–H and O–H groups in total. The molecule has 0 unspecified atom stereocenters. The van der Waals surface area contributed by atoms with Crippen molar-refractivity contribution in [3.63, 3.8) is 0 Å². The van der Waals surface area contributed by atoms with Crippen LogP contribution in [0.4, 0.5) is 20.8 Å². The molecular formula is C24H26FN5O5S. The molecule has 0 bridgehead atoms. The van der Waals surface area contributed by atoms with E-state index in [1.54, 1.807) is 30.3 Å². The van der Waals surface area contributed by atoms with Crippen LogP contribution >= 0.6 is 0 Å². The van der Waals surface area contributed by atoms with E-state index in [1.165, 1.54) is 6.07 Å². The number of rotatable bonds is 7. The predicted molar refractivity (Wildman–Crippen MR) is 133 cm³/mol.